The molecule has 1 aliphatic rings. The molecule has 1 aliphatic heterocycles. The highest BCUT2D eigenvalue weighted by Crippen LogP contribution is 2.39. The summed E-state index contributed by atoms with van der Waals surface area (Å²) in [4.78, 5) is 0. The molecule has 0 saturated carbocycles. The maximum Gasteiger partial charge on any atom is 0.119 e. The van der Waals surface area contributed by atoms with Gasteiger partial charge in [-0.05, 0) is 5.56 Å². The van der Waals surface area contributed by atoms with Crippen molar-refractivity contribution in [1.82, 2.24) is 0 Å². The Morgan fingerprint density at radius 1 is 0.909 bits per heavy atom. The van der Waals surface area contributed by atoms with Gasteiger partial charge in [-0.25, -0.2) is 0 Å². The molecule has 2 heteroatoms. The largest absolute Gasteiger partial charge is 0.319 e. The Hall–Kier alpha value is -1.38. The summed E-state index contributed by atoms with van der Waals surface area (Å²) in [5, 5.41) is 0. The number of benzene rings is 2. The van der Waals surface area contributed by atoms with Gasteiger partial charge in [-0.2, -0.15) is 0 Å². The Morgan fingerprint density at radius 3 is 2.14 bits per heavy atom. The molecule has 0 radical (unpaired) electrons. The van der Waals surface area contributed by atoms with Crippen LogP contribution in [0.1, 0.15) is 22.7 Å². The smallest absolute Gasteiger partial charge is 0.119 e. The molecule has 1 nitrogen and oxygen atoms in total. The molecule has 1 heterocycles. The molecule has 3 rings (SSSR count). The molecule has 0 aromatic heterocycles. The van der Waals surface area contributed by atoms with E-state index >= 15 is 0 Å². The van der Waals surface area contributed by atoms with Crippen LogP contribution in [-0.2, 0) is 13.0 Å². The van der Waals surface area contributed by atoms with Crippen LogP contribution in [0.2, 0.25) is 19.6 Å². The predicted molar refractivity (Wildman–Crippen MR) is 97.4 cm³/mol. The van der Waals surface area contributed by atoms with E-state index in [9.17, 15) is 0 Å². The second kappa shape index (κ2) is 5.67. The first-order chi connectivity index (χ1) is 10.4. The Balaban J connectivity index is 2.04. The van der Waals surface area contributed by atoms with E-state index in [0.717, 1.165) is 4.48 Å². The summed E-state index contributed by atoms with van der Waals surface area (Å²) in [5.41, 5.74) is 4.59. The molecular formula is C20H28NSi+. The van der Waals surface area contributed by atoms with Gasteiger partial charge in [-0.1, -0.05) is 74.2 Å². The first-order valence-corrected chi connectivity index (χ1v) is 12.0. The Kier molecular flexibility index (Phi) is 4.00. The molecule has 0 amide bonds. The Labute approximate surface area is 136 Å². The fourth-order valence-corrected chi connectivity index (χ4v) is 6.74. The second-order valence-corrected chi connectivity index (χ2v) is 13.7. The van der Waals surface area contributed by atoms with Crippen molar-refractivity contribution in [3.05, 3.63) is 71.3 Å². The van der Waals surface area contributed by atoms with E-state index < -0.39 is 8.07 Å². The number of likely N-dealkylation sites (N-methyl/N-ethyl adjacent to an activating group) is 1. The van der Waals surface area contributed by atoms with Crippen molar-refractivity contribution in [2.75, 3.05) is 13.2 Å². The molecule has 0 spiro atoms. The minimum Gasteiger partial charge on any atom is -0.319 e. The minimum absolute atomic E-state index is 0.586. The summed E-state index contributed by atoms with van der Waals surface area (Å²) in [6.07, 6.45) is 2.50. The van der Waals surface area contributed by atoms with Crippen molar-refractivity contribution < 1.29 is 4.48 Å². The third kappa shape index (κ3) is 3.18. The highest BCUT2D eigenvalue weighted by Gasteiger charge is 2.41. The first kappa shape index (κ1) is 15.5. The molecule has 0 unspecified atom stereocenters. The van der Waals surface area contributed by atoms with E-state index in [0.29, 0.717) is 6.04 Å². The molecule has 2 aromatic carbocycles. The van der Waals surface area contributed by atoms with Gasteiger partial charge in [0.1, 0.15) is 20.7 Å². The molecular weight excluding hydrogens is 282 g/mol. The van der Waals surface area contributed by atoms with E-state index in [1.54, 1.807) is 11.1 Å². The van der Waals surface area contributed by atoms with Gasteiger partial charge in [0.25, 0.3) is 0 Å². The lowest BCUT2D eigenvalue weighted by Crippen LogP contribution is -2.56. The zero-order valence-corrected chi connectivity index (χ0v) is 15.3. The molecule has 2 aromatic rings. The van der Waals surface area contributed by atoms with Crippen LogP contribution in [-0.4, -0.2) is 25.8 Å². The number of fused-ring (bicyclic) bond motifs is 1. The zero-order valence-electron chi connectivity index (χ0n) is 14.3. The molecule has 0 bridgehead atoms. The standard InChI is InChI=1S/C20H28NSi/c1-21(16-22(2,3)4)15-19-13-9-8-12-18(19)14-20(21)17-10-6-5-7-11-17/h5-13,20H,14-16H2,1-4H3/q+1/t20-,21-/m1/s1. The van der Waals surface area contributed by atoms with Crippen molar-refractivity contribution in [1.29, 1.82) is 0 Å². The summed E-state index contributed by atoms with van der Waals surface area (Å²) >= 11 is 0. The maximum absolute atomic E-state index is 2.50. The average molecular weight is 311 g/mol. The summed E-state index contributed by atoms with van der Waals surface area (Å²) in [6.45, 7) is 8.66. The van der Waals surface area contributed by atoms with E-state index in [1.165, 1.54) is 24.7 Å². The van der Waals surface area contributed by atoms with Crippen LogP contribution in [0.5, 0.6) is 0 Å². The lowest BCUT2D eigenvalue weighted by atomic mass is 9.88. The molecule has 0 saturated heterocycles. The summed E-state index contributed by atoms with van der Waals surface area (Å²) < 4.78 is 1.16. The van der Waals surface area contributed by atoms with Crippen molar-refractivity contribution >= 4 is 8.07 Å². The van der Waals surface area contributed by atoms with Crippen LogP contribution < -0.4 is 0 Å². The van der Waals surface area contributed by atoms with E-state index in [2.05, 4.69) is 81.3 Å². The van der Waals surface area contributed by atoms with Gasteiger partial charge < -0.3 is 4.48 Å². The topological polar surface area (TPSA) is 0 Å². The number of hydrogen-bond acceptors (Lipinski definition) is 0. The van der Waals surface area contributed by atoms with Crippen LogP contribution in [0.3, 0.4) is 0 Å². The van der Waals surface area contributed by atoms with Crippen LogP contribution in [0.15, 0.2) is 54.6 Å². The highest BCUT2D eigenvalue weighted by atomic mass is 28.3. The van der Waals surface area contributed by atoms with Crippen molar-refractivity contribution in [2.24, 2.45) is 0 Å². The SMILES string of the molecule is C[N@+]1(C[Si](C)(C)C)Cc2ccccc2C[C@@H]1c1ccccc1. The van der Waals surface area contributed by atoms with Gasteiger partial charge in [-0.15, -0.1) is 0 Å². The summed E-state index contributed by atoms with van der Waals surface area (Å²) in [6, 6.07) is 20.8. The molecule has 22 heavy (non-hydrogen) atoms. The van der Waals surface area contributed by atoms with Crippen molar-refractivity contribution in [2.45, 2.75) is 38.6 Å². The van der Waals surface area contributed by atoms with Crippen LogP contribution in [0.4, 0.5) is 0 Å². The number of nitrogens with zero attached hydrogens (tertiary/aromatic N) is 1. The highest BCUT2D eigenvalue weighted by molar-refractivity contribution is 6.76. The fraction of sp³-hybridized carbons (Fsp3) is 0.400. The zero-order chi connectivity index (χ0) is 15.8. The number of rotatable bonds is 3. The predicted octanol–water partition coefficient (Wildman–Crippen LogP) is 4.81. The van der Waals surface area contributed by atoms with Gasteiger partial charge >= 0.3 is 0 Å². The van der Waals surface area contributed by atoms with Gasteiger partial charge in [0.15, 0.2) is 0 Å². The van der Waals surface area contributed by atoms with Crippen LogP contribution in [0, 0.1) is 0 Å². The van der Waals surface area contributed by atoms with E-state index in [1.807, 2.05) is 0 Å². The summed E-state index contributed by atoms with van der Waals surface area (Å²) in [5.74, 6) is 0. The van der Waals surface area contributed by atoms with Crippen LogP contribution in [0.25, 0.3) is 0 Å². The Morgan fingerprint density at radius 2 is 1.50 bits per heavy atom. The average Bonchev–Trinajstić information content (AvgIpc) is 2.45. The molecule has 0 aliphatic carbocycles. The second-order valence-electron chi connectivity index (χ2n) is 8.26. The monoisotopic (exact) mass is 310 g/mol. The number of quaternary nitrogens is 1. The molecule has 2 atom stereocenters. The molecule has 0 fully saturated rings. The Bertz CT molecular complexity index is 644. The fourth-order valence-electron chi connectivity index (χ4n) is 4.24. The van der Waals surface area contributed by atoms with Crippen molar-refractivity contribution in [3.63, 3.8) is 0 Å². The third-order valence-electron chi connectivity index (χ3n) is 4.84. The first-order valence-electron chi connectivity index (χ1n) is 8.33. The molecule has 0 N–H and O–H groups in total. The van der Waals surface area contributed by atoms with Gasteiger partial charge in [0.05, 0.1) is 13.2 Å². The third-order valence-corrected chi connectivity index (χ3v) is 6.51. The van der Waals surface area contributed by atoms with Crippen molar-refractivity contribution in [3.8, 4) is 0 Å². The lowest BCUT2D eigenvalue weighted by Gasteiger charge is -2.48. The quantitative estimate of drug-likeness (QED) is 0.564. The van der Waals surface area contributed by atoms with Crippen LogP contribution >= 0.6 is 0 Å². The van der Waals surface area contributed by atoms with Gasteiger partial charge in [0.2, 0.25) is 0 Å². The minimum atomic E-state index is -1.14. The number of hydrogen-bond donors (Lipinski definition) is 0. The maximum atomic E-state index is 2.50. The van der Waals surface area contributed by atoms with E-state index in [4.69, 9.17) is 0 Å². The van der Waals surface area contributed by atoms with Gasteiger partial charge in [-0.3, -0.25) is 0 Å². The summed E-state index contributed by atoms with van der Waals surface area (Å²) in [7, 11) is 1.34. The van der Waals surface area contributed by atoms with E-state index in [-0.39, 0.29) is 0 Å². The lowest BCUT2D eigenvalue weighted by molar-refractivity contribution is -0.945. The molecule has 116 valence electrons. The normalized spacial score (nSPS) is 24.8. The van der Waals surface area contributed by atoms with Gasteiger partial charge in [0, 0.05) is 17.5 Å².